The molecule has 0 bridgehead atoms. The standard InChI is InChI=1S/C11H8ClNO/c1-2-7-4-3-5-8-9(7)6-10(12)13-11(8)14/h2-6H,1H2,(H,13,14). The number of aromatic amines is 1. The molecule has 0 unspecified atom stereocenters. The number of nitrogens with one attached hydrogen (secondary N) is 1. The summed E-state index contributed by atoms with van der Waals surface area (Å²) in [5.74, 6) is 0. The zero-order chi connectivity index (χ0) is 10.1. The normalized spacial score (nSPS) is 10.4. The number of H-pyrrole nitrogens is 1. The van der Waals surface area contributed by atoms with Crippen LogP contribution in [-0.2, 0) is 0 Å². The summed E-state index contributed by atoms with van der Waals surface area (Å²) in [6.07, 6.45) is 1.71. The highest BCUT2D eigenvalue weighted by molar-refractivity contribution is 6.30. The molecule has 1 N–H and O–H groups in total. The molecule has 2 rings (SSSR count). The van der Waals surface area contributed by atoms with E-state index in [0.717, 1.165) is 10.9 Å². The largest absolute Gasteiger partial charge is 0.312 e. The first-order chi connectivity index (χ1) is 6.72. The molecule has 0 atom stereocenters. The minimum atomic E-state index is -0.170. The van der Waals surface area contributed by atoms with E-state index in [4.69, 9.17) is 11.6 Å². The molecular formula is C11H8ClNO. The van der Waals surface area contributed by atoms with Crippen molar-refractivity contribution >= 4 is 28.4 Å². The lowest BCUT2D eigenvalue weighted by atomic mass is 10.1. The maximum absolute atomic E-state index is 11.5. The SMILES string of the molecule is C=Cc1cccc2c(=O)[nH]c(Cl)cc12. The summed E-state index contributed by atoms with van der Waals surface area (Å²) in [6.45, 7) is 3.69. The Bertz CT molecular complexity index is 557. The van der Waals surface area contributed by atoms with Crippen molar-refractivity contribution in [3.05, 3.63) is 51.9 Å². The molecule has 70 valence electrons. The molecule has 0 saturated carbocycles. The van der Waals surface area contributed by atoms with Gasteiger partial charge in [0.1, 0.15) is 5.15 Å². The van der Waals surface area contributed by atoms with Gasteiger partial charge in [-0.25, -0.2) is 0 Å². The fourth-order valence-corrected chi connectivity index (χ4v) is 1.65. The molecule has 0 amide bonds. The van der Waals surface area contributed by atoms with E-state index in [0.29, 0.717) is 10.5 Å². The van der Waals surface area contributed by atoms with Gasteiger partial charge in [-0.15, -0.1) is 0 Å². The lowest BCUT2D eigenvalue weighted by Gasteiger charge is -2.01. The number of hydrogen-bond acceptors (Lipinski definition) is 1. The minimum absolute atomic E-state index is 0.170. The second-order valence-corrected chi connectivity index (χ2v) is 3.37. The predicted molar refractivity (Wildman–Crippen MR) is 59.7 cm³/mol. The smallest absolute Gasteiger partial charge is 0.256 e. The minimum Gasteiger partial charge on any atom is -0.312 e. The van der Waals surface area contributed by atoms with Crippen LogP contribution in [0.4, 0.5) is 0 Å². The van der Waals surface area contributed by atoms with Gasteiger partial charge in [0.2, 0.25) is 0 Å². The summed E-state index contributed by atoms with van der Waals surface area (Å²) in [4.78, 5) is 14.0. The van der Waals surface area contributed by atoms with Gasteiger partial charge in [-0.2, -0.15) is 0 Å². The molecule has 0 aliphatic heterocycles. The van der Waals surface area contributed by atoms with Gasteiger partial charge in [0.15, 0.2) is 0 Å². The van der Waals surface area contributed by atoms with E-state index in [1.165, 1.54) is 0 Å². The molecule has 2 nitrogen and oxygen atoms in total. The number of benzene rings is 1. The highest BCUT2D eigenvalue weighted by Crippen LogP contribution is 2.18. The van der Waals surface area contributed by atoms with E-state index in [-0.39, 0.29) is 5.56 Å². The van der Waals surface area contributed by atoms with Crippen LogP contribution in [0.5, 0.6) is 0 Å². The zero-order valence-electron chi connectivity index (χ0n) is 7.38. The van der Waals surface area contributed by atoms with E-state index in [1.54, 1.807) is 18.2 Å². The molecule has 0 saturated heterocycles. The quantitative estimate of drug-likeness (QED) is 0.714. The fourth-order valence-electron chi connectivity index (χ4n) is 1.46. The summed E-state index contributed by atoms with van der Waals surface area (Å²) < 4.78 is 0. The van der Waals surface area contributed by atoms with Crippen LogP contribution in [0.25, 0.3) is 16.8 Å². The number of pyridine rings is 1. The molecule has 0 fully saturated rings. The third-order valence-electron chi connectivity index (χ3n) is 2.11. The number of rotatable bonds is 1. The van der Waals surface area contributed by atoms with Crippen LogP contribution in [0, 0.1) is 0 Å². The molecule has 3 heteroatoms. The lowest BCUT2D eigenvalue weighted by molar-refractivity contribution is 1.28. The van der Waals surface area contributed by atoms with Gasteiger partial charge in [-0.1, -0.05) is 36.4 Å². The topological polar surface area (TPSA) is 32.9 Å². The van der Waals surface area contributed by atoms with Crippen LogP contribution in [0.1, 0.15) is 5.56 Å². The van der Waals surface area contributed by atoms with Gasteiger partial charge in [0.25, 0.3) is 5.56 Å². The van der Waals surface area contributed by atoms with E-state index < -0.39 is 0 Å². The maximum Gasteiger partial charge on any atom is 0.256 e. The van der Waals surface area contributed by atoms with Crippen molar-refractivity contribution in [1.29, 1.82) is 0 Å². The zero-order valence-corrected chi connectivity index (χ0v) is 8.14. The third-order valence-corrected chi connectivity index (χ3v) is 2.31. The van der Waals surface area contributed by atoms with E-state index in [9.17, 15) is 4.79 Å². The molecule has 0 aliphatic rings. The Morgan fingerprint density at radius 2 is 2.14 bits per heavy atom. The fraction of sp³-hybridized carbons (Fsp3) is 0. The van der Waals surface area contributed by atoms with Gasteiger partial charge in [0, 0.05) is 5.39 Å². The number of fused-ring (bicyclic) bond motifs is 1. The van der Waals surface area contributed by atoms with Crippen LogP contribution in [0.3, 0.4) is 0 Å². The number of hydrogen-bond donors (Lipinski definition) is 1. The first-order valence-corrected chi connectivity index (χ1v) is 4.54. The number of halogens is 1. The van der Waals surface area contributed by atoms with E-state index >= 15 is 0 Å². The lowest BCUT2D eigenvalue weighted by Crippen LogP contribution is -2.05. The van der Waals surface area contributed by atoms with Gasteiger partial charge < -0.3 is 4.98 Å². The van der Waals surface area contributed by atoms with Crippen molar-refractivity contribution in [2.24, 2.45) is 0 Å². The molecule has 14 heavy (non-hydrogen) atoms. The van der Waals surface area contributed by atoms with Crippen LogP contribution in [-0.4, -0.2) is 4.98 Å². The van der Waals surface area contributed by atoms with Gasteiger partial charge in [-0.05, 0) is 23.1 Å². The van der Waals surface area contributed by atoms with Gasteiger partial charge in [-0.3, -0.25) is 4.79 Å². The van der Waals surface area contributed by atoms with E-state index in [2.05, 4.69) is 11.6 Å². The van der Waals surface area contributed by atoms with Crippen LogP contribution < -0.4 is 5.56 Å². The Morgan fingerprint density at radius 3 is 2.86 bits per heavy atom. The van der Waals surface area contributed by atoms with Crippen LogP contribution >= 0.6 is 11.6 Å². The average Bonchev–Trinajstić information content (AvgIpc) is 2.17. The van der Waals surface area contributed by atoms with Crippen molar-refractivity contribution in [3.63, 3.8) is 0 Å². The Labute approximate surface area is 85.8 Å². The predicted octanol–water partition coefficient (Wildman–Crippen LogP) is 2.82. The van der Waals surface area contributed by atoms with Crippen molar-refractivity contribution in [2.45, 2.75) is 0 Å². The Morgan fingerprint density at radius 1 is 1.36 bits per heavy atom. The molecule has 1 heterocycles. The second-order valence-electron chi connectivity index (χ2n) is 2.96. The molecule has 0 radical (unpaired) electrons. The summed E-state index contributed by atoms with van der Waals surface area (Å²) >= 11 is 5.76. The summed E-state index contributed by atoms with van der Waals surface area (Å²) in [7, 11) is 0. The van der Waals surface area contributed by atoms with Crippen LogP contribution in [0.2, 0.25) is 5.15 Å². The summed E-state index contributed by atoms with van der Waals surface area (Å²) in [5.41, 5.74) is 0.742. The van der Waals surface area contributed by atoms with Gasteiger partial charge >= 0.3 is 0 Å². The molecule has 1 aromatic heterocycles. The first-order valence-electron chi connectivity index (χ1n) is 4.16. The van der Waals surface area contributed by atoms with Gasteiger partial charge in [0.05, 0.1) is 0 Å². The Hall–Kier alpha value is -1.54. The Balaban J connectivity index is 3.01. The van der Waals surface area contributed by atoms with Crippen molar-refractivity contribution in [2.75, 3.05) is 0 Å². The monoisotopic (exact) mass is 205 g/mol. The molecule has 0 aliphatic carbocycles. The Kier molecular flexibility index (Phi) is 2.14. The summed E-state index contributed by atoms with van der Waals surface area (Å²) in [5, 5.41) is 1.81. The molecule has 1 aromatic carbocycles. The van der Waals surface area contributed by atoms with E-state index in [1.807, 2.05) is 12.1 Å². The number of aromatic nitrogens is 1. The van der Waals surface area contributed by atoms with Crippen molar-refractivity contribution < 1.29 is 0 Å². The highest BCUT2D eigenvalue weighted by atomic mass is 35.5. The molecule has 0 spiro atoms. The average molecular weight is 206 g/mol. The second kappa shape index (κ2) is 3.31. The van der Waals surface area contributed by atoms with Crippen molar-refractivity contribution in [3.8, 4) is 0 Å². The first kappa shape index (κ1) is 9.03. The molecule has 2 aromatic rings. The molecular weight excluding hydrogens is 198 g/mol. The maximum atomic E-state index is 11.5. The summed E-state index contributed by atoms with van der Waals surface area (Å²) in [6, 6.07) is 7.21. The van der Waals surface area contributed by atoms with Crippen molar-refractivity contribution in [1.82, 2.24) is 4.98 Å². The highest BCUT2D eigenvalue weighted by Gasteiger charge is 2.02. The van der Waals surface area contributed by atoms with Crippen LogP contribution in [0.15, 0.2) is 35.6 Å². The third kappa shape index (κ3) is 1.34.